The first-order valence-electron chi connectivity index (χ1n) is 7.28. The van der Waals surface area contributed by atoms with Gasteiger partial charge in [0.2, 0.25) is 0 Å². The van der Waals surface area contributed by atoms with Crippen LogP contribution in [0.4, 0.5) is 5.69 Å². The maximum Gasteiger partial charge on any atom is 0.279 e. The molecule has 0 bridgehead atoms. The van der Waals surface area contributed by atoms with Crippen molar-refractivity contribution in [1.29, 1.82) is 0 Å². The summed E-state index contributed by atoms with van der Waals surface area (Å²) in [6.07, 6.45) is 1.60. The quantitative estimate of drug-likeness (QED) is 0.776. The van der Waals surface area contributed by atoms with E-state index in [2.05, 4.69) is 9.71 Å². The molecule has 0 aliphatic carbocycles. The molecule has 126 valence electrons. The van der Waals surface area contributed by atoms with E-state index < -0.39 is 15.6 Å². The van der Waals surface area contributed by atoms with Crippen LogP contribution in [-0.4, -0.2) is 17.8 Å². The highest BCUT2D eigenvalue weighted by Crippen LogP contribution is 2.22. The third kappa shape index (κ3) is 2.83. The minimum Gasteiger partial charge on any atom is -0.279 e. The van der Waals surface area contributed by atoms with Gasteiger partial charge in [0.05, 0.1) is 11.4 Å². The normalized spacial score (nSPS) is 11.8. The summed E-state index contributed by atoms with van der Waals surface area (Å²) in [5, 5.41) is 0. The standard InChI is InChI=1S/C16H17N3O3S2/c1-9-5-6-13(10(2)7-9)18-24(21,22)14-12(4)17-16-19(15(14)20)8-11(3)23-16/h5-8,18H,1-4H3. The zero-order valence-electron chi connectivity index (χ0n) is 13.7. The van der Waals surface area contributed by atoms with Gasteiger partial charge in [0.25, 0.3) is 15.6 Å². The second-order valence-corrected chi connectivity index (χ2v) is 8.58. The third-order valence-electron chi connectivity index (χ3n) is 3.67. The number of nitrogens with one attached hydrogen (secondary N) is 1. The van der Waals surface area contributed by atoms with Crippen LogP contribution in [0.15, 0.2) is 34.1 Å². The summed E-state index contributed by atoms with van der Waals surface area (Å²) in [7, 11) is -4.03. The van der Waals surface area contributed by atoms with Gasteiger partial charge in [-0.3, -0.25) is 13.9 Å². The van der Waals surface area contributed by atoms with E-state index in [9.17, 15) is 13.2 Å². The number of hydrogen-bond acceptors (Lipinski definition) is 5. The van der Waals surface area contributed by atoms with Gasteiger partial charge in [0, 0.05) is 11.1 Å². The lowest BCUT2D eigenvalue weighted by molar-refractivity contribution is 0.598. The average Bonchev–Trinajstić information content (AvgIpc) is 2.82. The Morgan fingerprint density at radius 3 is 2.54 bits per heavy atom. The van der Waals surface area contributed by atoms with E-state index in [-0.39, 0.29) is 10.6 Å². The van der Waals surface area contributed by atoms with Crippen LogP contribution in [0.5, 0.6) is 0 Å². The van der Waals surface area contributed by atoms with Crippen molar-refractivity contribution < 1.29 is 8.42 Å². The number of sulfonamides is 1. The molecule has 3 rings (SSSR count). The monoisotopic (exact) mass is 363 g/mol. The van der Waals surface area contributed by atoms with Crippen LogP contribution >= 0.6 is 11.3 Å². The van der Waals surface area contributed by atoms with Gasteiger partial charge in [-0.2, -0.15) is 0 Å². The highest BCUT2D eigenvalue weighted by atomic mass is 32.2. The molecule has 6 nitrogen and oxygen atoms in total. The van der Waals surface area contributed by atoms with Crippen molar-refractivity contribution in [1.82, 2.24) is 9.38 Å². The number of thiazole rings is 1. The number of fused-ring (bicyclic) bond motifs is 1. The van der Waals surface area contributed by atoms with E-state index >= 15 is 0 Å². The molecule has 1 aromatic carbocycles. The molecule has 8 heteroatoms. The molecule has 3 aromatic rings. The van der Waals surface area contributed by atoms with Gasteiger partial charge in [0.1, 0.15) is 0 Å². The van der Waals surface area contributed by atoms with Crippen LogP contribution < -0.4 is 10.3 Å². The molecular formula is C16H17N3O3S2. The van der Waals surface area contributed by atoms with Crippen molar-refractivity contribution in [3.63, 3.8) is 0 Å². The number of benzene rings is 1. The first-order valence-corrected chi connectivity index (χ1v) is 9.58. The summed E-state index contributed by atoms with van der Waals surface area (Å²) in [4.78, 5) is 18.0. The number of hydrogen-bond donors (Lipinski definition) is 1. The van der Waals surface area contributed by atoms with Crippen LogP contribution in [-0.2, 0) is 10.0 Å². The molecule has 0 aliphatic rings. The molecule has 0 unspecified atom stereocenters. The molecule has 0 saturated heterocycles. The molecule has 0 saturated carbocycles. The largest absolute Gasteiger partial charge is 0.279 e. The van der Waals surface area contributed by atoms with Gasteiger partial charge in [-0.05, 0) is 39.3 Å². The van der Waals surface area contributed by atoms with Crippen molar-refractivity contribution >= 4 is 32.0 Å². The van der Waals surface area contributed by atoms with E-state index in [1.54, 1.807) is 12.3 Å². The molecule has 0 spiro atoms. The second-order valence-electron chi connectivity index (χ2n) is 5.75. The number of nitrogens with zero attached hydrogens (tertiary/aromatic N) is 2. The first-order chi connectivity index (χ1) is 11.2. The molecule has 1 N–H and O–H groups in total. The highest BCUT2D eigenvalue weighted by Gasteiger charge is 2.25. The summed E-state index contributed by atoms with van der Waals surface area (Å²) in [6.45, 7) is 7.12. The molecule has 0 amide bonds. The summed E-state index contributed by atoms with van der Waals surface area (Å²) < 4.78 is 29.3. The van der Waals surface area contributed by atoms with Crippen molar-refractivity contribution in [2.75, 3.05) is 4.72 Å². The molecule has 2 heterocycles. The van der Waals surface area contributed by atoms with Gasteiger partial charge in [0.15, 0.2) is 9.86 Å². The van der Waals surface area contributed by atoms with Crippen LogP contribution in [0.3, 0.4) is 0 Å². The summed E-state index contributed by atoms with van der Waals surface area (Å²) in [6, 6.07) is 5.38. The van der Waals surface area contributed by atoms with E-state index in [4.69, 9.17) is 0 Å². The first kappa shape index (κ1) is 16.7. The summed E-state index contributed by atoms with van der Waals surface area (Å²) in [5.74, 6) is 0. The Labute approximate surface area is 143 Å². The Balaban J connectivity index is 2.16. The van der Waals surface area contributed by atoms with Crippen molar-refractivity contribution in [3.8, 4) is 0 Å². The van der Waals surface area contributed by atoms with Crippen LogP contribution in [0.25, 0.3) is 4.96 Å². The van der Waals surface area contributed by atoms with Crippen LogP contribution in [0.2, 0.25) is 0 Å². The zero-order chi connectivity index (χ0) is 17.6. The minimum atomic E-state index is -4.03. The number of rotatable bonds is 3. The number of anilines is 1. The SMILES string of the molecule is Cc1ccc(NS(=O)(=O)c2c(C)nc3sc(C)cn3c2=O)c(C)c1. The van der Waals surface area contributed by atoms with Crippen molar-refractivity contribution in [2.24, 2.45) is 0 Å². The van der Waals surface area contributed by atoms with Gasteiger partial charge >= 0.3 is 0 Å². The van der Waals surface area contributed by atoms with Gasteiger partial charge in [-0.25, -0.2) is 13.4 Å². The Hall–Kier alpha value is -2.19. The predicted octanol–water partition coefficient (Wildman–Crippen LogP) is 2.79. The molecule has 0 radical (unpaired) electrons. The van der Waals surface area contributed by atoms with Crippen LogP contribution in [0.1, 0.15) is 21.7 Å². The van der Waals surface area contributed by atoms with E-state index in [0.717, 1.165) is 16.0 Å². The van der Waals surface area contributed by atoms with Crippen LogP contribution in [0, 0.1) is 27.7 Å². The minimum absolute atomic E-state index is 0.194. The summed E-state index contributed by atoms with van der Waals surface area (Å²) in [5.41, 5.74) is 1.88. The lowest BCUT2D eigenvalue weighted by Gasteiger charge is -2.12. The lowest BCUT2D eigenvalue weighted by Crippen LogP contribution is -2.27. The molecule has 0 aliphatic heterocycles. The maximum absolute atomic E-state index is 12.8. The Kier molecular flexibility index (Phi) is 3.97. The fourth-order valence-corrected chi connectivity index (χ4v) is 4.82. The van der Waals surface area contributed by atoms with Crippen molar-refractivity contribution in [3.05, 3.63) is 56.4 Å². The van der Waals surface area contributed by atoms with Gasteiger partial charge in [-0.15, -0.1) is 11.3 Å². The van der Waals surface area contributed by atoms with E-state index in [1.165, 1.54) is 22.7 Å². The number of aromatic nitrogens is 2. The van der Waals surface area contributed by atoms with Gasteiger partial charge in [-0.1, -0.05) is 17.7 Å². The van der Waals surface area contributed by atoms with E-state index in [0.29, 0.717) is 10.6 Å². The Morgan fingerprint density at radius 1 is 1.17 bits per heavy atom. The predicted molar refractivity (Wildman–Crippen MR) is 95.5 cm³/mol. The van der Waals surface area contributed by atoms with Gasteiger partial charge < -0.3 is 0 Å². The Morgan fingerprint density at radius 2 is 1.88 bits per heavy atom. The van der Waals surface area contributed by atoms with E-state index in [1.807, 2.05) is 32.9 Å². The molecule has 24 heavy (non-hydrogen) atoms. The smallest absolute Gasteiger partial charge is 0.279 e. The Bertz CT molecular complexity index is 1110. The average molecular weight is 363 g/mol. The second kappa shape index (κ2) is 5.71. The van der Waals surface area contributed by atoms with Crippen molar-refractivity contribution in [2.45, 2.75) is 32.6 Å². The highest BCUT2D eigenvalue weighted by molar-refractivity contribution is 7.92. The zero-order valence-corrected chi connectivity index (χ0v) is 15.4. The fourth-order valence-electron chi connectivity index (χ4n) is 2.57. The number of aryl methyl sites for hydroxylation is 4. The molecule has 2 aromatic heterocycles. The third-order valence-corrected chi connectivity index (χ3v) is 6.06. The molecule has 0 atom stereocenters. The fraction of sp³-hybridized carbons (Fsp3) is 0.250. The summed E-state index contributed by atoms with van der Waals surface area (Å²) >= 11 is 1.34. The maximum atomic E-state index is 12.8. The molecule has 0 fully saturated rings. The topological polar surface area (TPSA) is 80.5 Å². The molecular weight excluding hydrogens is 346 g/mol. The lowest BCUT2D eigenvalue weighted by atomic mass is 10.1.